The van der Waals surface area contributed by atoms with E-state index in [0.29, 0.717) is 6.54 Å². The minimum absolute atomic E-state index is 0.0296. The van der Waals surface area contributed by atoms with Crippen LogP contribution >= 0.6 is 27.3 Å². The van der Waals surface area contributed by atoms with Gasteiger partial charge < -0.3 is 10.6 Å². The van der Waals surface area contributed by atoms with Crippen molar-refractivity contribution in [2.45, 2.75) is 6.42 Å². The Morgan fingerprint density at radius 3 is 2.79 bits per heavy atom. The van der Waals surface area contributed by atoms with E-state index in [2.05, 4.69) is 38.0 Å². The molecule has 0 atom stereocenters. The van der Waals surface area contributed by atoms with Crippen LogP contribution in [0.5, 0.6) is 0 Å². The number of halogens is 1. The summed E-state index contributed by atoms with van der Waals surface area (Å²) in [7, 11) is 0. The molecule has 0 aliphatic rings. The average molecular weight is 339 g/mol. The van der Waals surface area contributed by atoms with Crippen molar-refractivity contribution in [1.29, 1.82) is 0 Å². The van der Waals surface area contributed by atoms with Crippen LogP contribution in [-0.4, -0.2) is 19.0 Å². The van der Waals surface area contributed by atoms with E-state index in [1.807, 2.05) is 30.3 Å². The second kappa shape index (κ2) is 7.43. The van der Waals surface area contributed by atoms with Crippen molar-refractivity contribution in [1.82, 2.24) is 5.32 Å². The predicted octanol–water partition coefficient (Wildman–Crippen LogP) is 3.28. The largest absolute Gasteiger partial charge is 0.324 e. The van der Waals surface area contributed by atoms with E-state index in [0.717, 1.165) is 23.1 Å². The van der Waals surface area contributed by atoms with Crippen LogP contribution < -0.4 is 10.6 Å². The van der Waals surface area contributed by atoms with Crippen molar-refractivity contribution >= 4 is 38.9 Å². The predicted molar refractivity (Wildman–Crippen MR) is 83.7 cm³/mol. The van der Waals surface area contributed by atoms with Gasteiger partial charge in [0.15, 0.2) is 0 Å². The zero-order valence-corrected chi connectivity index (χ0v) is 12.8. The zero-order chi connectivity index (χ0) is 13.5. The molecule has 1 aromatic heterocycles. The van der Waals surface area contributed by atoms with Crippen molar-refractivity contribution in [3.05, 3.63) is 51.1 Å². The summed E-state index contributed by atoms with van der Waals surface area (Å²) in [4.78, 5) is 13.1. The van der Waals surface area contributed by atoms with Crippen molar-refractivity contribution in [2.24, 2.45) is 0 Å². The smallest absolute Gasteiger partial charge is 0.238 e. The van der Waals surface area contributed by atoms with Gasteiger partial charge >= 0.3 is 0 Å². The number of rotatable bonds is 6. The van der Waals surface area contributed by atoms with Crippen LogP contribution in [0.3, 0.4) is 0 Å². The third-order valence-electron chi connectivity index (χ3n) is 2.56. The van der Waals surface area contributed by atoms with Crippen LogP contribution in [0.15, 0.2) is 46.3 Å². The molecule has 0 radical (unpaired) electrons. The Hall–Kier alpha value is -1.17. The second-order valence-electron chi connectivity index (χ2n) is 4.03. The molecule has 2 N–H and O–H groups in total. The molecular weight excluding hydrogens is 324 g/mol. The molecule has 0 saturated carbocycles. The van der Waals surface area contributed by atoms with E-state index in [-0.39, 0.29) is 5.91 Å². The van der Waals surface area contributed by atoms with Crippen molar-refractivity contribution in [3.8, 4) is 0 Å². The maximum atomic E-state index is 11.7. The summed E-state index contributed by atoms with van der Waals surface area (Å²) in [5.41, 5.74) is 0.799. The highest BCUT2D eigenvalue weighted by Gasteiger charge is 2.04. The van der Waals surface area contributed by atoms with E-state index < -0.39 is 0 Å². The van der Waals surface area contributed by atoms with Gasteiger partial charge in [-0.05, 0) is 45.9 Å². The number of carbonyl (C=O) groups is 1. The molecule has 0 bridgehead atoms. The lowest BCUT2D eigenvalue weighted by atomic mass is 10.3. The third kappa shape index (κ3) is 4.78. The SMILES string of the molecule is O=C(CNCCc1cccs1)Nc1ccccc1Br. The number of para-hydroxylation sites is 1. The van der Waals surface area contributed by atoms with Gasteiger partial charge in [-0.2, -0.15) is 0 Å². The van der Waals surface area contributed by atoms with E-state index in [1.165, 1.54) is 4.88 Å². The fourth-order valence-electron chi connectivity index (χ4n) is 1.63. The average Bonchev–Trinajstić information content (AvgIpc) is 2.91. The van der Waals surface area contributed by atoms with E-state index >= 15 is 0 Å². The van der Waals surface area contributed by atoms with Crippen LogP contribution in [0.1, 0.15) is 4.88 Å². The van der Waals surface area contributed by atoms with Gasteiger partial charge in [-0.3, -0.25) is 4.79 Å². The highest BCUT2D eigenvalue weighted by Crippen LogP contribution is 2.20. The Kier molecular flexibility index (Phi) is 5.57. The van der Waals surface area contributed by atoms with Gasteiger partial charge in [-0.1, -0.05) is 18.2 Å². The Morgan fingerprint density at radius 1 is 1.21 bits per heavy atom. The number of benzene rings is 1. The quantitative estimate of drug-likeness (QED) is 0.793. The molecule has 100 valence electrons. The Morgan fingerprint density at radius 2 is 2.05 bits per heavy atom. The summed E-state index contributed by atoms with van der Waals surface area (Å²) in [5.74, 6) is -0.0296. The van der Waals surface area contributed by atoms with Gasteiger partial charge in [0.25, 0.3) is 0 Å². The summed E-state index contributed by atoms with van der Waals surface area (Å²) in [6.45, 7) is 1.14. The summed E-state index contributed by atoms with van der Waals surface area (Å²) in [5, 5.41) is 8.07. The van der Waals surface area contributed by atoms with Gasteiger partial charge in [-0.25, -0.2) is 0 Å². The number of nitrogens with one attached hydrogen (secondary N) is 2. The van der Waals surface area contributed by atoms with E-state index in [1.54, 1.807) is 11.3 Å². The fraction of sp³-hybridized carbons (Fsp3) is 0.214. The molecule has 19 heavy (non-hydrogen) atoms. The van der Waals surface area contributed by atoms with Crippen molar-refractivity contribution in [3.63, 3.8) is 0 Å². The molecule has 1 amide bonds. The molecule has 0 saturated heterocycles. The number of thiophene rings is 1. The van der Waals surface area contributed by atoms with E-state index in [9.17, 15) is 4.79 Å². The fourth-order valence-corrected chi connectivity index (χ4v) is 2.72. The minimum atomic E-state index is -0.0296. The first-order valence-corrected chi connectivity index (χ1v) is 7.70. The topological polar surface area (TPSA) is 41.1 Å². The molecule has 1 heterocycles. The van der Waals surface area contributed by atoms with Crippen molar-refractivity contribution < 1.29 is 4.79 Å². The monoisotopic (exact) mass is 338 g/mol. The number of amides is 1. The molecule has 0 spiro atoms. The summed E-state index contributed by atoms with van der Waals surface area (Å²) in [6.07, 6.45) is 0.958. The number of hydrogen-bond acceptors (Lipinski definition) is 3. The standard InChI is InChI=1S/C14H15BrN2OS/c15-12-5-1-2-6-13(12)17-14(18)10-16-8-7-11-4-3-9-19-11/h1-6,9,16H,7-8,10H2,(H,17,18). The lowest BCUT2D eigenvalue weighted by Crippen LogP contribution is -2.29. The molecular formula is C14H15BrN2OS. The first kappa shape index (κ1) is 14.2. The molecule has 2 aromatic rings. The van der Waals surface area contributed by atoms with Gasteiger partial charge in [0, 0.05) is 15.9 Å². The zero-order valence-electron chi connectivity index (χ0n) is 10.4. The maximum Gasteiger partial charge on any atom is 0.238 e. The van der Waals surface area contributed by atoms with Crippen LogP contribution in [-0.2, 0) is 11.2 Å². The molecule has 3 nitrogen and oxygen atoms in total. The van der Waals surface area contributed by atoms with E-state index in [4.69, 9.17) is 0 Å². The van der Waals surface area contributed by atoms with Gasteiger partial charge in [0.05, 0.1) is 12.2 Å². The first-order valence-electron chi connectivity index (χ1n) is 6.03. The second-order valence-corrected chi connectivity index (χ2v) is 5.92. The van der Waals surface area contributed by atoms with Crippen LogP contribution in [0.2, 0.25) is 0 Å². The van der Waals surface area contributed by atoms with Gasteiger partial charge in [-0.15, -0.1) is 11.3 Å². The molecule has 5 heteroatoms. The Bertz CT molecular complexity index is 528. The molecule has 0 aliphatic carbocycles. The summed E-state index contributed by atoms with van der Waals surface area (Å²) in [6, 6.07) is 11.7. The summed E-state index contributed by atoms with van der Waals surface area (Å²) >= 11 is 5.14. The molecule has 0 fully saturated rings. The molecule has 0 aliphatic heterocycles. The van der Waals surface area contributed by atoms with Crippen LogP contribution in [0.4, 0.5) is 5.69 Å². The first-order chi connectivity index (χ1) is 9.25. The lowest BCUT2D eigenvalue weighted by molar-refractivity contribution is -0.115. The summed E-state index contributed by atoms with van der Waals surface area (Å²) < 4.78 is 0.891. The highest BCUT2D eigenvalue weighted by atomic mass is 79.9. The highest BCUT2D eigenvalue weighted by molar-refractivity contribution is 9.10. The minimum Gasteiger partial charge on any atom is -0.324 e. The Labute approximate surface area is 125 Å². The number of hydrogen-bond donors (Lipinski definition) is 2. The van der Waals surface area contributed by atoms with Crippen molar-refractivity contribution in [2.75, 3.05) is 18.4 Å². The number of carbonyl (C=O) groups excluding carboxylic acids is 1. The lowest BCUT2D eigenvalue weighted by Gasteiger charge is -2.07. The normalized spacial score (nSPS) is 10.4. The Balaban J connectivity index is 1.69. The van der Waals surface area contributed by atoms with Crippen LogP contribution in [0, 0.1) is 0 Å². The third-order valence-corrected chi connectivity index (χ3v) is 4.19. The molecule has 1 aromatic carbocycles. The molecule has 2 rings (SSSR count). The van der Waals surface area contributed by atoms with Gasteiger partial charge in [0.2, 0.25) is 5.91 Å². The van der Waals surface area contributed by atoms with Gasteiger partial charge in [0.1, 0.15) is 0 Å². The number of anilines is 1. The molecule has 0 unspecified atom stereocenters. The maximum absolute atomic E-state index is 11.7. The van der Waals surface area contributed by atoms with Crippen LogP contribution in [0.25, 0.3) is 0 Å².